The molecule has 1 aromatic carbocycles. The van der Waals surface area contributed by atoms with Crippen LogP contribution in [0.5, 0.6) is 0 Å². The molecule has 0 radical (unpaired) electrons. The quantitative estimate of drug-likeness (QED) is 0.773. The van der Waals surface area contributed by atoms with Crippen molar-refractivity contribution in [1.29, 1.82) is 0 Å². The molecule has 0 aliphatic heterocycles. The van der Waals surface area contributed by atoms with E-state index in [0.717, 1.165) is 24.8 Å². The molecule has 0 unspecified atom stereocenters. The van der Waals surface area contributed by atoms with E-state index in [4.69, 9.17) is 17.3 Å². The summed E-state index contributed by atoms with van der Waals surface area (Å²) in [5, 5.41) is 0.709. The van der Waals surface area contributed by atoms with Crippen LogP contribution in [0.25, 0.3) is 0 Å². The summed E-state index contributed by atoms with van der Waals surface area (Å²) in [4.78, 5) is 13.6. The predicted molar refractivity (Wildman–Crippen MR) is 75.4 cm³/mol. The van der Waals surface area contributed by atoms with Crippen molar-refractivity contribution < 1.29 is 4.79 Å². The van der Waals surface area contributed by atoms with Gasteiger partial charge in [-0.1, -0.05) is 36.2 Å². The van der Waals surface area contributed by atoms with Gasteiger partial charge in [-0.05, 0) is 31.0 Å². The van der Waals surface area contributed by atoms with Crippen molar-refractivity contribution >= 4 is 17.5 Å². The van der Waals surface area contributed by atoms with Crippen molar-refractivity contribution in [3.63, 3.8) is 0 Å². The molecule has 0 saturated heterocycles. The fraction of sp³-hybridized carbons (Fsp3) is 0.500. The van der Waals surface area contributed by atoms with Gasteiger partial charge in [0.2, 0.25) is 5.91 Å². The van der Waals surface area contributed by atoms with Crippen LogP contribution in [-0.4, -0.2) is 24.4 Å². The van der Waals surface area contributed by atoms with E-state index in [9.17, 15) is 4.79 Å². The second-order valence-corrected chi connectivity index (χ2v) is 4.85. The average Bonchev–Trinajstić information content (AvgIpc) is 2.37. The zero-order valence-electron chi connectivity index (χ0n) is 10.9. The monoisotopic (exact) mass is 268 g/mol. The number of carbonyl (C=O) groups is 1. The Morgan fingerprint density at radius 3 is 2.67 bits per heavy atom. The maximum absolute atomic E-state index is 11.9. The Kier molecular flexibility index (Phi) is 6.76. The smallest absolute Gasteiger partial charge is 0.222 e. The molecule has 0 aromatic heterocycles. The molecule has 1 rings (SSSR count). The third-order valence-electron chi connectivity index (χ3n) is 2.89. The third kappa shape index (κ3) is 5.07. The number of amides is 1. The molecule has 0 fully saturated rings. The molecule has 0 heterocycles. The van der Waals surface area contributed by atoms with Gasteiger partial charge in [0.15, 0.2) is 0 Å². The van der Waals surface area contributed by atoms with E-state index in [2.05, 4.69) is 0 Å². The first-order valence-corrected chi connectivity index (χ1v) is 6.70. The molecule has 0 atom stereocenters. The van der Waals surface area contributed by atoms with Gasteiger partial charge in [-0.25, -0.2) is 0 Å². The zero-order valence-corrected chi connectivity index (χ0v) is 11.6. The molecule has 3 nitrogen and oxygen atoms in total. The number of rotatable bonds is 7. The van der Waals surface area contributed by atoms with Crippen LogP contribution < -0.4 is 5.73 Å². The maximum atomic E-state index is 11.9. The highest BCUT2D eigenvalue weighted by Gasteiger charge is 2.10. The third-order valence-corrected chi connectivity index (χ3v) is 3.25. The lowest BCUT2D eigenvalue weighted by atomic mass is 10.1. The average molecular weight is 269 g/mol. The minimum absolute atomic E-state index is 0.159. The zero-order chi connectivity index (χ0) is 13.4. The van der Waals surface area contributed by atoms with Crippen LogP contribution in [0, 0.1) is 0 Å². The molecule has 4 heteroatoms. The number of unbranched alkanes of at least 4 members (excludes halogenated alkanes) is 2. The molecule has 0 aliphatic carbocycles. The van der Waals surface area contributed by atoms with E-state index < -0.39 is 0 Å². The highest BCUT2D eigenvalue weighted by molar-refractivity contribution is 6.31. The fourth-order valence-electron chi connectivity index (χ4n) is 1.76. The molecule has 18 heavy (non-hydrogen) atoms. The molecule has 0 saturated carbocycles. The first-order chi connectivity index (χ1) is 8.65. The number of nitrogens with zero attached hydrogens (tertiary/aromatic N) is 1. The summed E-state index contributed by atoms with van der Waals surface area (Å²) in [5.74, 6) is 0.159. The summed E-state index contributed by atoms with van der Waals surface area (Å²) in [6, 6.07) is 7.61. The van der Waals surface area contributed by atoms with Crippen molar-refractivity contribution in [2.75, 3.05) is 13.6 Å². The molecule has 1 amide bonds. The van der Waals surface area contributed by atoms with Crippen LogP contribution in [0.4, 0.5) is 0 Å². The van der Waals surface area contributed by atoms with E-state index in [1.807, 2.05) is 31.3 Å². The first kappa shape index (κ1) is 15.0. The van der Waals surface area contributed by atoms with Crippen LogP contribution in [0.3, 0.4) is 0 Å². The molecule has 0 spiro atoms. The number of hydrogen-bond donors (Lipinski definition) is 1. The first-order valence-electron chi connectivity index (χ1n) is 6.32. The van der Waals surface area contributed by atoms with Gasteiger partial charge in [-0.3, -0.25) is 4.79 Å². The van der Waals surface area contributed by atoms with Crippen molar-refractivity contribution in [2.24, 2.45) is 5.73 Å². The molecular formula is C14H21ClN2O. The molecule has 100 valence electrons. The van der Waals surface area contributed by atoms with Crippen LogP contribution in [0.15, 0.2) is 24.3 Å². The Morgan fingerprint density at radius 2 is 2.00 bits per heavy atom. The minimum atomic E-state index is 0.159. The summed E-state index contributed by atoms with van der Waals surface area (Å²) in [6.45, 7) is 1.26. The second kappa shape index (κ2) is 8.11. The summed E-state index contributed by atoms with van der Waals surface area (Å²) < 4.78 is 0. The maximum Gasteiger partial charge on any atom is 0.222 e. The van der Waals surface area contributed by atoms with Crippen molar-refractivity contribution in [3.8, 4) is 0 Å². The lowest BCUT2D eigenvalue weighted by Crippen LogP contribution is -2.26. The number of benzene rings is 1. The second-order valence-electron chi connectivity index (χ2n) is 4.44. The largest absolute Gasteiger partial charge is 0.341 e. The van der Waals surface area contributed by atoms with Gasteiger partial charge >= 0.3 is 0 Å². The molecule has 2 N–H and O–H groups in total. The summed E-state index contributed by atoms with van der Waals surface area (Å²) in [6.07, 6.45) is 3.49. The van der Waals surface area contributed by atoms with Gasteiger partial charge < -0.3 is 10.6 Å². The number of halogens is 1. The molecule has 0 aliphatic rings. The topological polar surface area (TPSA) is 46.3 Å². The fourth-order valence-corrected chi connectivity index (χ4v) is 1.95. The van der Waals surface area contributed by atoms with Gasteiger partial charge in [0.05, 0.1) is 0 Å². The summed E-state index contributed by atoms with van der Waals surface area (Å²) >= 11 is 6.07. The van der Waals surface area contributed by atoms with E-state index in [0.29, 0.717) is 24.5 Å². The molecule has 1 aromatic rings. The van der Waals surface area contributed by atoms with Crippen molar-refractivity contribution in [1.82, 2.24) is 4.90 Å². The van der Waals surface area contributed by atoms with Crippen LogP contribution in [0.1, 0.15) is 31.2 Å². The van der Waals surface area contributed by atoms with Crippen molar-refractivity contribution in [2.45, 2.75) is 32.2 Å². The Labute approximate surface area is 114 Å². The standard InChI is InChI=1S/C14H21ClN2O/c1-17(14(18)9-3-2-6-10-16)11-12-7-4-5-8-13(12)15/h4-5,7-8H,2-3,6,9-11,16H2,1H3. The van der Waals surface area contributed by atoms with Gasteiger partial charge in [0.1, 0.15) is 0 Å². The van der Waals surface area contributed by atoms with Crippen LogP contribution >= 0.6 is 11.6 Å². The van der Waals surface area contributed by atoms with E-state index in [1.54, 1.807) is 4.90 Å². The van der Waals surface area contributed by atoms with E-state index >= 15 is 0 Å². The van der Waals surface area contributed by atoms with Crippen LogP contribution in [0.2, 0.25) is 5.02 Å². The SMILES string of the molecule is CN(Cc1ccccc1Cl)C(=O)CCCCCN. The van der Waals surface area contributed by atoms with Crippen LogP contribution in [-0.2, 0) is 11.3 Å². The minimum Gasteiger partial charge on any atom is -0.341 e. The Balaban J connectivity index is 2.38. The highest BCUT2D eigenvalue weighted by Crippen LogP contribution is 2.17. The number of carbonyl (C=O) groups excluding carboxylic acids is 1. The predicted octanol–water partition coefficient (Wildman–Crippen LogP) is 2.82. The summed E-state index contributed by atoms with van der Waals surface area (Å²) in [7, 11) is 1.81. The van der Waals surface area contributed by atoms with E-state index in [1.165, 1.54) is 0 Å². The normalized spacial score (nSPS) is 10.4. The number of nitrogens with two attached hydrogens (primary N) is 1. The Hall–Kier alpha value is -1.06. The van der Waals surface area contributed by atoms with Gasteiger partial charge in [-0.2, -0.15) is 0 Å². The lowest BCUT2D eigenvalue weighted by Gasteiger charge is -2.18. The van der Waals surface area contributed by atoms with Crippen molar-refractivity contribution in [3.05, 3.63) is 34.9 Å². The summed E-state index contributed by atoms with van der Waals surface area (Å²) in [5.41, 5.74) is 6.40. The Morgan fingerprint density at radius 1 is 1.28 bits per heavy atom. The highest BCUT2D eigenvalue weighted by atomic mass is 35.5. The van der Waals surface area contributed by atoms with Gasteiger partial charge in [0, 0.05) is 25.0 Å². The lowest BCUT2D eigenvalue weighted by molar-refractivity contribution is -0.130. The number of hydrogen-bond acceptors (Lipinski definition) is 2. The van der Waals surface area contributed by atoms with E-state index in [-0.39, 0.29) is 5.91 Å². The Bertz CT molecular complexity index is 382. The molecular weight excluding hydrogens is 248 g/mol. The van der Waals surface area contributed by atoms with Gasteiger partial charge in [-0.15, -0.1) is 0 Å². The molecule has 0 bridgehead atoms. The van der Waals surface area contributed by atoms with Gasteiger partial charge in [0.25, 0.3) is 0 Å².